The molecular formula is C18H16N6O2S. The van der Waals surface area contributed by atoms with Gasteiger partial charge in [-0.25, -0.2) is 15.0 Å². The Morgan fingerprint density at radius 3 is 2.70 bits per heavy atom. The largest absolute Gasteiger partial charge is 0.315 e. The van der Waals surface area contributed by atoms with Gasteiger partial charge in [-0.1, -0.05) is 29.8 Å². The van der Waals surface area contributed by atoms with Crippen LogP contribution in [0.25, 0.3) is 22.4 Å². The second-order valence-electron chi connectivity index (χ2n) is 6.16. The number of fused-ring (bicyclic) bond motifs is 1. The van der Waals surface area contributed by atoms with Gasteiger partial charge in [0.05, 0.1) is 18.3 Å². The number of aryl methyl sites for hydroxylation is 2. The number of aromatic nitrogens is 5. The maximum atomic E-state index is 12.4. The van der Waals surface area contributed by atoms with Gasteiger partial charge in [-0.2, -0.15) is 0 Å². The fourth-order valence-corrected chi connectivity index (χ4v) is 3.40. The summed E-state index contributed by atoms with van der Waals surface area (Å²) in [4.78, 5) is 37.3. The molecule has 3 heterocycles. The van der Waals surface area contributed by atoms with E-state index in [0.717, 1.165) is 11.3 Å². The summed E-state index contributed by atoms with van der Waals surface area (Å²) >= 11 is 1.35. The third kappa shape index (κ3) is 3.36. The van der Waals surface area contributed by atoms with Crippen LogP contribution in [0.3, 0.4) is 0 Å². The Labute approximate surface area is 158 Å². The molecule has 1 amide bonds. The van der Waals surface area contributed by atoms with Gasteiger partial charge in [0.15, 0.2) is 16.3 Å². The van der Waals surface area contributed by atoms with Gasteiger partial charge in [0.2, 0.25) is 5.91 Å². The predicted molar refractivity (Wildman–Crippen MR) is 104 cm³/mol. The van der Waals surface area contributed by atoms with Crippen molar-refractivity contribution in [1.82, 2.24) is 24.1 Å². The molecule has 0 saturated heterocycles. The summed E-state index contributed by atoms with van der Waals surface area (Å²) in [6.07, 6.45) is 2.85. The lowest BCUT2D eigenvalue weighted by molar-refractivity contribution is -0.116. The lowest BCUT2D eigenvalue weighted by Gasteiger charge is -2.04. The van der Waals surface area contributed by atoms with Gasteiger partial charge in [-0.05, 0) is 6.92 Å². The van der Waals surface area contributed by atoms with Crippen molar-refractivity contribution in [2.75, 3.05) is 5.32 Å². The van der Waals surface area contributed by atoms with Crippen LogP contribution in [0, 0.1) is 6.92 Å². The Balaban J connectivity index is 1.51. The molecule has 27 heavy (non-hydrogen) atoms. The number of carbonyl (C=O) groups excluding carboxylic acids is 1. The molecule has 136 valence electrons. The number of benzene rings is 1. The van der Waals surface area contributed by atoms with E-state index >= 15 is 0 Å². The van der Waals surface area contributed by atoms with E-state index in [2.05, 4.69) is 20.3 Å². The van der Waals surface area contributed by atoms with E-state index < -0.39 is 0 Å². The topological polar surface area (TPSA) is 94.7 Å². The van der Waals surface area contributed by atoms with Crippen LogP contribution in [-0.2, 0) is 18.4 Å². The van der Waals surface area contributed by atoms with Gasteiger partial charge in [0.1, 0.15) is 6.54 Å². The highest BCUT2D eigenvalue weighted by molar-refractivity contribution is 7.14. The number of nitrogens with one attached hydrogen (secondary N) is 1. The van der Waals surface area contributed by atoms with Gasteiger partial charge in [0.25, 0.3) is 5.56 Å². The van der Waals surface area contributed by atoms with E-state index in [4.69, 9.17) is 0 Å². The number of amides is 1. The first kappa shape index (κ1) is 17.1. The molecule has 0 aliphatic rings. The highest BCUT2D eigenvalue weighted by atomic mass is 32.1. The Kier molecular flexibility index (Phi) is 4.28. The second kappa shape index (κ2) is 6.76. The zero-order valence-corrected chi connectivity index (χ0v) is 15.5. The molecule has 1 aromatic carbocycles. The maximum absolute atomic E-state index is 12.4. The second-order valence-corrected chi connectivity index (χ2v) is 7.02. The van der Waals surface area contributed by atoms with Crippen LogP contribution in [0.2, 0.25) is 0 Å². The summed E-state index contributed by atoms with van der Waals surface area (Å²) in [6.45, 7) is 1.98. The molecule has 0 saturated carbocycles. The van der Waals surface area contributed by atoms with Gasteiger partial charge in [-0.15, -0.1) is 11.3 Å². The molecule has 0 bridgehead atoms. The summed E-state index contributed by atoms with van der Waals surface area (Å²) in [5.74, 6) is -0.287. The first-order valence-electron chi connectivity index (χ1n) is 8.20. The molecule has 0 spiro atoms. The van der Waals surface area contributed by atoms with Crippen molar-refractivity contribution in [3.8, 4) is 11.3 Å². The number of imidazole rings is 1. The third-order valence-corrected chi connectivity index (χ3v) is 4.86. The van der Waals surface area contributed by atoms with E-state index in [1.807, 2.05) is 36.6 Å². The molecule has 8 nitrogen and oxygen atoms in total. The molecule has 1 N–H and O–H groups in total. The Hall–Kier alpha value is -3.33. The first-order valence-corrected chi connectivity index (χ1v) is 9.08. The van der Waals surface area contributed by atoms with E-state index in [0.29, 0.717) is 16.3 Å². The molecule has 3 aromatic heterocycles. The summed E-state index contributed by atoms with van der Waals surface area (Å²) in [6, 6.07) is 8.03. The number of anilines is 1. The van der Waals surface area contributed by atoms with Gasteiger partial charge in [0, 0.05) is 18.0 Å². The minimum absolute atomic E-state index is 0.0448. The molecule has 4 aromatic rings. The highest BCUT2D eigenvalue weighted by Crippen LogP contribution is 2.25. The van der Waals surface area contributed by atoms with Crippen LogP contribution in [0.1, 0.15) is 5.56 Å². The highest BCUT2D eigenvalue weighted by Gasteiger charge is 2.14. The normalized spacial score (nSPS) is 11.0. The smallest absolute Gasteiger partial charge is 0.279 e. The van der Waals surface area contributed by atoms with E-state index in [1.54, 1.807) is 7.05 Å². The molecule has 0 atom stereocenters. The van der Waals surface area contributed by atoms with Gasteiger partial charge >= 0.3 is 0 Å². The summed E-state index contributed by atoms with van der Waals surface area (Å²) in [5.41, 5.74) is 3.35. The van der Waals surface area contributed by atoms with Crippen LogP contribution in [0.4, 0.5) is 5.13 Å². The Bertz CT molecular complexity index is 1190. The van der Waals surface area contributed by atoms with Crippen LogP contribution in [0.15, 0.2) is 47.1 Å². The number of nitrogens with zero attached hydrogens (tertiary/aromatic N) is 5. The average molecular weight is 380 g/mol. The predicted octanol–water partition coefficient (Wildman–Crippen LogP) is 2.20. The van der Waals surface area contributed by atoms with Crippen molar-refractivity contribution in [3.05, 3.63) is 58.2 Å². The number of rotatable bonds is 4. The van der Waals surface area contributed by atoms with Crippen LogP contribution in [-0.4, -0.2) is 30.0 Å². The monoisotopic (exact) mass is 380 g/mol. The zero-order chi connectivity index (χ0) is 19.0. The standard InChI is InChI=1S/C18H16N6O2S/c1-11-3-5-12(6-4-11)13-8-27-18(21-13)22-14(25)7-24-10-20-16-15(24)17(26)23(2)9-19-16/h3-6,8-10H,7H2,1-2H3,(H,21,22,25). The van der Waals surface area contributed by atoms with Crippen molar-refractivity contribution in [1.29, 1.82) is 0 Å². The van der Waals surface area contributed by atoms with Crippen molar-refractivity contribution in [2.24, 2.45) is 7.05 Å². The zero-order valence-electron chi connectivity index (χ0n) is 14.7. The Morgan fingerprint density at radius 2 is 1.93 bits per heavy atom. The van der Waals surface area contributed by atoms with E-state index in [9.17, 15) is 9.59 Å². The number of carbonyl (C=O) groups is 1. The third-order valence-electron chi connectivity index (χ3n) is 4.11. The molecule has 0 fully saturated rings. The first-order chi connectivity index (χ1) is 13.0. The summed E-state index contributed by atoms with van der Waals surface area (Å²) in [5, 5.41) is 5.17. The number of hydrogen-bond donors (Lipinski definition) is 1. The lowest BCUT2D eigenvalue weighted by atomic mass is 10.1. The number of thiazole rings is 1. The van der Waals surface area contributed by atoms with E-state index in [1.165, 1.54) is 38.7 Å². The van der Waals surface area contributed by atoms with Crippen molar-refractivity contribution < 1.29 is 4.79 Å². The van der Waals surface area contributed by atoms with E-state index in [-0.39, 0.29) is 18.0 Å². The minimum Gasteiger partial charge on any atom is -0.315 e. The Morgan fingerprint density at radius 1 is 1.19 bits per heavy atom. The SMILES string of the molecule is Cc1ccc(-c2csc(NC(=O)Cn3cnc4ncn(C)c(=O)c43)n2)cc1. The van der Waals surface area contributed by atoms with Crippen LogP contribution in [0.5, 0.6) is 0 Å². The molecule has 0 aliphatic carbocycles. The molecule has 4 rings (SSSR count). The quantitative estimate of drug-likeness (QED) is 0.586. The van der Waals surface area contributed by atoms with Crippen LogP contribution < -0.4 is 10.9 Å². The number of hydrogen-bond acceptors (Lipinski definition) is 6. The molecule has 9 heteroatoms. The van der Waals surface area contributed by atoms with Crippen molar-refractivity contribution in [2.45, 2.75) is 13.5 Å². The summed E-state index contributed by atoms with van der Waals surface area (Å²) < 4.78 is 2.85. The van der Waals surface area contributed by atoms with Gasteiger partial charge < -0.3 is 14.5 Å². The summed E-state index contributed by atoms with van der Waals surface area (Å²) in [7, 11) is 1.61. The fourth-order valence-electron chi connectivity index (χ4n) is 2.67. The van der Waals surface area contributed by atoms with Gasteiger partial charge in [-0.3, -0.25) is 9.59 Å². The molecular weight excluding hydrogens is 364 g/mol. The lowest BCUT2D eigenvalue weighted by Crippen LogP contribution is -2.23. The molecule has 0 aliphatic heterocycles. The van der Waals surface area contributed by atoms with Crippen LogP contribution >= 0.6 is 11.3 Å². The fraction of sp³-hybridized carbons (Fsp3) is 0.167. The average Bonchev–Trinajstić information content (AvgIpc) is 3.26. The molecule has 0 unspecified atom stereocenters. The van der Waals surface area contributed by atoms with Crippen molar-refractivity contribution >= 4 is 33.5 Å². The molecule has 0 radical (unpaired) electrons. The minimum atomic E-state index is -0.287. The maximum Gasteiger partial charge on any atom is 0.279 e. The van der Waals surface area contributed by atoms with Crippen molar-refractivity contribution in [3.63, 3.8) is 0 Å².